The molecule has 1 aromatic rings. The SMILES string of the molecule is Cc1cc(NC(=O)C(=O)OCC(F)(F)F)cnc1CC(=O)OC(C)(C)C. The van der Waals surface area contributed by atoms with Crippen LogP contribution in [0.1, 0.15) is 32.0 Å². The van der Waals surface area contributed by atoms with Crippen LogP contribution in [0.2, 0.25) is 0 Å². The Kier molecular flexibility index (Phi) is 6.71. The number of hydrogen-bond donors (Lipinski definition) is 1. The predicted octanol–water partition coefficient (Wildman–Crippen LogP) is 2.32. The van der Waals surface area contributed by atoms with E-state index in [0.717, 1.165) is 0 Å². The third-order valence-corrected chi connectivity index (χ3v) is 2.73. The van der Waals surface area contributed by atoms with E-state index in [1.165, 1.54) is 12.3 Å². The Bertz CT molecular complexity index is 696. The zero-order chi connectivity index (χ0) is 20.1. The van der Waals surface area contributed by atoms with Gasteiger partial charge in [-0.3, -0.25) is 14.6 Å². The lowest BCUT2D eigenvalue weighted by Gasteiger charge is -2.19. The first kappa shape index (κ1) is 21.4. The molecule has 0 radical (unpaired) electrons. The van der Waals surface area contributed by atoms with Crippen molar-refractivity contribution in [1.82, 2.24) is 4.98 Å². The average Bonchev–Trinajstić information content (AvgIpc) is 2.44. The Morgan fingerprint density at radius 3 is 2.31 bits per heavy atom. The van der Waals surface area contributed by atoms with Crippen molar-refractivity contribution in [3.8, 4) is 0 Å². The summed E-state index contributed by atoms with van der Waals surface area (Å²) >= 11 is 0. The molecule has 0 aromatic carbocycles. The molecule has 0 aliphatic heterocycles. The fourth-order valence-electron chi connectivity index (χ4n) is 1.77. The molecule has 0 aliphatic rings. The lowest BCUT2D eigenvalue weighted by atomic mass is 10.1. The standard InChI is InChI=1S/C16H19F3N2O5/c1-9-5-10(21-13(23)14(24)25-8-16(17,18)19)7-20-11(9)6-12(22)26-15(2,3)4/h5,7H,6,8H2,1-4H3,(H,21,23). The van der Waals surface area contributed by atoms with Gasteiger partial charge in [0.2, 0.25) is 0 Å². The molecule has 0 fully saturated rings. The van der Waals surface area contributed by atoms with Crippen LogP contribution in [0.4, 0.5) is 18.9 Å². The zero-order valence-electron chi connectivity index (χ0n) is 14.7. The molecule has 1 heterocycles. The minimum Gasteiger partial charge on any atom is -0.460 e. The third kappa shape index (κ3) is 7.95. The number of anilines is 1. The minimum absolute atomic E-state index is 0.0735. The van der Waals surface area contributed by atoms with Gasteiger partial charge >= 0.3 is 24.0 Å². The van der Waals surface area contributed by atoms with E-state index in [0.29, 0.717) is 11.3 Å². The lowest BCUT2D eigenvalue weighted by molar-refractivity contribution is -0.186. The molecule has 1 N–H and O–H groups in total. The Balaban J connectivity index is 2.68. The number of esters is 2. The number of alkyl halides is 3. The van der Waals surface area contributed by atoms with E-state index in [1.54, 1.807) is 27.7 Å². The van der Waals surface area contributed by atoms with Gasteiger partial charge in [-0.25, -0.2) is 4.79 Å². The maximum Gasteiger partial charge on any atom is 0.422 e. The summed E-state index contributed by atoms with van der Waals surface area (Å²) in [7, 11) is 0. The maximum atomic E-state index is 12.0. The van der Waals surface area contributed by atoms with Gasteiger partial charge < -0.3 is 14.8 Å². The number of hydrogen-bond acceptors (Lipinski definition) is 6. The summed E-state index contributed by atoms with van der Waals surface area (Å²) in [6.45, 7) is 4.93. The van der Waals surface area contributed by atoms with Crippen molar-refractivity contribution in [2.45, 2.75) is 45.9 Å². The lowest BCUT2D eigenvalue weighted by Crippen LogP contribution is -2.29. The van der Waals surface area contributed by atoms with Gasteiger partial charge in [-0.2, -0.15) is 13.2 Å². The predicted molar refractivity (Wildman–Crippen MR) is 84.2 cm³/mol. The maximum absolute atomic E-state index is 12.0. The number of pyridine rings is 1. The summed E-state index contributed by atoms with van der Waals surface area (Å²) in [5, 5.41) is 2.08. The second-order valence-corrected chi connectivity index (χ2v) is 6.40. The summed E-state index contributed by atoms with van der Waals surface area (Å²) in [5.74, 6) is -3.52. The summed E-state index contributed by atoms with van der Waals surface area (Å²) in [6.07, 6.45) is -3.65. The highest BCUT2D eigenvalue weighted by atomic mass is 19.4. The highest BCUT2D eigenvalue weighted by Crippen LogP contribution is 2.16. The van der Waals surface area contributed by atoms with Crippen LogP contribution in [0, 0.1) is 6.92 Å². The highest BCUT2D eigenvalue weighted by Gasteiger charge is 2.31. The Labute approximate surface area is 147 Å². The molecular weight excluding hydrogens is 357 g/mol. The van der Waals surface area contributed by atoms with E-state index in [9.17, 15) is 27.6 Å². The Morgan fingerprint density at radius 2 is 1.81 bits per heavy atom. The summed E-state index contributed by atoms with van der Waals surface area (Å²) in [6, 6.07) is 1.42. The number of nitrogens with one attached hydrogen (secondary N) is 1. The number of ether oxygens (including phenoxy) is 2. The molecule has 7 nitrogen and oxygen atoms in total. The highest BCUT2D eigenvalue weighted by molar-refractivity contribution is 6.37. The summed E-state index contributed by atoms with van der Waals surface area (Å²) < 4.78 is 44.9. The molecule has 0 bridgehead atoms. The Morgan fingerprint density at radius 1 is 1.19 bits per heavy atom. The first-order chi connectivity index (χ1) is 11.8. The normalized spacial score (nSPS) is 11.7. The number of aryl methyl sites for hydroxylation is 1. The fourth-order valence-corrected chi connectivity index (χ4v) is 1.77. The van der Waals surface area contributed by atoms with Crippen LogP contribution in [0.5, 0.6) is 0 Å². The van der Waals surface area contributed by atoms with E-state index in [-0.39, 0.29) is 12.1 Å². The second kappa shape index (κ2) is 8.15. The number of aromatic nitrogens is 1. The molecule has 0 saturated heterocycles. The minimum atomic E-state index is -4.72. The van der Waals surface area contributed by atoms with Crippen molar-refractivity contribution in [3.63, 3.8) is 0 Å². The summed E-state index contributed by atoms with van der Waals surface area (Å²) in [4.78, 5) is 38.5. The molecule has 0 saturated carbocycles. The van der Waals surface area contributed by atoms with Gasteiger partial charge in [-0.1, -0.05) is 0 Å². The van der Waals surface area contributed by atoms with Crippen LogP contribution >= 0.6 is 0 Å². The molecule has 1 aromatic heterocycles. The van der Waals surface area contributed by atoms with Gasteiger partial charge in [0.15, 0.2) is 6.61 Å². The number of rotatable bonds is 4. The molecule has 1 rings (SSSR count). The molecule has 144 valence electrons. The number of carbonyl (C=O) groups is 3. The van der Waals surface area contributed by atoms with Crippen molar-refractivity contribution in [2.24, 2.45) is 0 Å². The smallest absolute Gasteiger partial charge is 0.422 e. The Hall–Kier alpha value is -2.65. The quantitative estimate of drug-likeness (QED) is 0.640. The van der Waals surface area contributed by atoms with Gasteiger partial charge in [0.05, 0.1) is 24.0 Å². The first-order valence-electron chi connectivity index (χ1n) is 7.49. The number of halogens is 3. The molecule has 0 atom stereocenters. The summed E-state index contributed by atoms with van der Waals surface area (Å²) in [5.41, 5.74) is 0.356. The van der Waals surface area contributed by atoms with Crippen molar-refractivity contribution < 1.29 is 37.0 Å². The molecule has 26 heavy (non-hydrogen) atoms. The molecule has 0 aliphatic carbocycles. The van der Waals surface area contributed by atoms with Crippen LogP contribution in [0.25, 0.3) is 0 Å². The average molecular weight is 376 g/mol. The van der Waals surface area contributed by atoms with Crippen LogP contribution < -0.4 is 5.32 Å². The van der Waals surface area contributed by atoms with Crippen molar-refractivity contribution >= 4 is 23.5 Å². The molecule has 0 unspecified atom stereocenters. The molecular formula is C16H19F3N2O5. The van der Waals surface area contributed by atoms with E-state index >= 15 is 0 Å². The van der Waals surface area contributed by atoms with Crippen molar-refractivity contribution in [2.75, 3.05) is 11.9 Å². The van der Waals surface area contributed by atoms with Crippen molar-refractivity contribution in [1.29, 1.82) is 0 Å². The number of carbonyl (C=O) groups excluding carboxylic acids is 3. The molecule has 1 amide bonds. The fraction of sp³-hybridized carbons (Fsp3) is 0.500. The van der Waals surface area contributed by atoms with E-state index < -0.39 is 36.2 Å². The topological polar surface area (TPSA) is 94.6 Å². The van der Waals surface area contributed by atoms with Crippen LogP contribution in [-0.4, -0.2) is 41.2 Å². The van der Waals surface area contributed by atoms with Crippen LogP contribution in [-0.2, 0) is 30.3 Å². The third-order valence-electron chi connectivity index (χ3n) is 2.73. The van der Waals surface area contributed by atoms with E-state index in [4.69, 9.17) is 4.74 Å². The monoisotopic (exact) mass is 376 g/mol. The van der Waals surface area contributed by atoms with Gasteiger partial charge in [0.1, 0.15) is 5.60 Å². The molecule has 10 heteroatoms. The number of nitrogens with zero attached hydrogens (tertiary/aromatic N) is 1. The largest absolute Gasteiger partial charge is 0.460 e. The van der Waals surface area contributed by atoms with Crippen molar-refractivity contribution in [3.05, 3.63) is 23.5 Å². The zero-order valence-corrected chi connectivity index (χ0v) is 14.7. The van der Waals surface area contributed by atoms with Gasteiger partial charge in [0.25, 0.3) is 0 Å². The molecule has 0 spiro atoms. The van der Waals surface area contributed by atoms with Crippen LogP contribution in [0.15, 0.2) is 12.3 Å². The van der Waals surface area contributed by atoms with Gasteiger partial charge in [-0.05, 0) is 39.3 Å². The second-order valence-electron chi connectivity index (χ2n) is 6.40. The van der Waals surface area contributed by atoms with E-state index in [2.05, 4.69) is 15.0 Å². The van der Waals surface area contributed by atoms with Gasteiger partial charge in [-0.15, -0.1) is 0 Å². The number of amides is 1. The van der Waals surface area contributed by atoms with E-state index in [1.807, 2.05) is 0 Å². The first-order valence-corrected chi connectivity index (χ1v) is 7.49. The van der Waals surface area contributed by atoms with Crippen LogP contribution in [0.3, 0.4) is 0 Å². The van der Waals surface area contributed by atoms with Gasteiger partial charge in [0, 0.05) is 0 Å².